The van der Waals surface area contributed by atoms with Crippen LogP contribution in [0.5, 0.6) is 0 Å². The van der Waals surface area contributed by atoms with E-state index in [2.05, 4.69) is 26.2 Å². The monoisotopic (exact) mass is 371 g/mol. The van der Waals surface area contributed by atoms with Crippen molar-refractivity contribution in [1.82, 2.24) is 14.9 Å². The van der Waals surface area contributed by atoms with Crippen LogP contribution in [0.4, 0.5) is 0 Å². The molecule has 3 aromatic rings. The molecule has 0 bridgehead atoms. The van der Waals surface area contributed by atoms with Crippen molar-refractivity contribution in [2.24, 2.45) is 0 Å². The first kappa shape index (κ1) is 15.4. The lowest BCUT2D eigenvalue weighted by atomic mass is 10.2. The summed E-state index contributed by atoms with van der Waals surface area (Å²) in [6.07, 6.45) is 5.02. The van der Waals surface area contributed by atoms with Crippen LogP contribution in [0, 0.1) is 0 Å². The van der Waals surface area contributed by atoms with Gasteiger partial charge in [-0.15, -0.1) is 0 Å². The molecule has 1 aromatic carbocycles. The van der Waals surface area contributed by atoms with Gasteiger partial charge in [0.15, 0.2) is 5.43 Å². The van der Waals surface area contributed by atoms with Crippen molar-refractivity contribution < 1.29 is 4.79 Å². The van der Waals surface area contributed by atoms with Gasteiger partial charge in [0.25, 0.3) is 0 Å². The zero-order chi connectivity index (χ0) is 16.2. The SMILES string of the molecule is O=C(Cn1ccc(=O)c2ccc(Br)cc21)NCc1ccncc1. The van der Waals surface area contributed by atoms with Gasteiger partial charge in [-0.25, -0.2) is 0 Å². The predicted molar refractivity (Wildman–Crippen MR) is 92.0 cm³/mol. The average Bonchev–Trinajstić information content (AvgIpc) is 2.56. The molecule has 0 fully saturated rings. The Hall–Kier alpha value is -2.47. The second-order valence-electron chi connectivity index (χ2n) is 5.10. The molecule has 6 heteroatoms. The minimum atomic E-state index is -0.119. The van der Waals surface area contributed by atoms with E-state index in [0.29, 0.717) is 11.9 Å². The largest absolute Gasteiger partial charge is 0.350 e. The second-order valence-corrected chi connectivity index (χ2v) is 6.02. The van der Waals surface area contributed by atoms with Crippen LogP contribution in [0.15, 0.2) is 64.3 Å². The zero-order valence-electron chi connectivity index (χ0n) is 12.2. The average molecular weight is 372 g/mol. The summed E-state index contributed by atoms with van der Waals surface area (Å²) in [4.78, 5) is 28.0. The number of carbonyl (C=O) groups excluding carboxylic acids is 1. The van der Waals surface area contributed by atoms with Gasteiger partial charge in [0.2, 0.25) is 5.91 Å². The predicted octanol–water partition coefficient (Wildman–Crippen LogP) is 2.48. The van der Waals surface area contributed by atoms with Crippen LogP contribution in [0.2, 0.25) is 0 Å². The highest BCUT2D eigenvalue weighted by atomic mass is 79.9. The van der Waals surface area contributed by atoms with E-state index < -0.39 is 0 Å². The van der Waals surface area contributed by atoms with Crippen molar-refractivity contribution in [2.45, 2.75) is 13.1 Å². The number of hydrogen-bond acceptors (Lipinski definition) is 3. The first-order valence-corrected chi connectivity index (χ1v) is 7.87. The summed E-state index contributed by atoms with van der Waals surface area (Å²) in [5.74, 6) is -0.119. The number of carbonyl (C=O) groups is 1. The molecule has 0 unspecified atom stereocenters. The van der Waals surface area contributed by atoms with E-state index in [-0.39, 0.29) is 17.9 Å². The molecule has 0 aliphatic carbocycles. The van der Waals surface area contributed by atoms with Gasteiger partial charge in [-0.2, -0.15) is 0 Å². The number of fused-ring (bicyclic) bond motifs is 1. The highest BCUT2D eigenvalue weighted by molar-refractivity contribution is 9.10. The second kappa shape index (κ2) is 6.75. The molecule has 0 spiro atoms. The van der Waals surface area contributed by atoms with E-state index in [1.54, 1.807) is 29.2 Å². The Morgan fingerprint density at radius 3 is 2.74 bits per heavy atom. The molecular formula is C17H14BrN3O2. The van der Waals surface area contributed by atoms with Crippen molar-refractivity contribution in [1.29, 1.82) is 0 Å². The van der Waals surface area contributed by atoms with E-state index >= 15 is 0 Å². The first-order chi connectivity index (χ1) is 11.1. The molecule has 5 nitrogen and oxygen atoms in total. The number of pyridine rings is 2. The molecule has 0 saturated carbocycles. The fourth-order valence-corrected chi connectivity index (χ4v) is 2.68. The summed E-state index contributed by atoms with van der Waals surface area (Å²) in [6.45, 7) is 0.599. The third kappa shape index (κ3) is 3.65. The maximum atomic E-state index is 12.2. The molecular weight excluding hydrogens is 358 g/mol. The third-order valence-corrected chi connectivity index (χ3v) is 3.99. The van der Waals surface area contributed by atoms with Gasteiger partial charge < -0.3 is 9.88 Å². The van der Waals surface area contributed by atoms with Crippen LogP contribution in [0.3, 0.4) is 0 Å². The molecule has 1 amide bonds. The Labute approximate surface area is 141 Å². The van der Waals surface area contributed by atoms with E-state index in [0.717, 1.165) is 15.6 Å². The summed E-state index contributed by atoms with van der Waals surface area (Å²) >= 11 is 3.40. The van der Waals surface area contributed by atoms with Gasteiger partial charge in [-0.3, -0.25) is 14.6 Å². The molecule has 23 heavy (non-hydrogen) atoms. The number of halogens is 1. The number of rotatable bonds is 4. The van der Waals surface area contributed by atoms with E-state index in [1.807, 2.05) is 24.3 Å². The molecule has 0 aliphatic rings. The number of nitrogens with zero attached hydrogens (tertiary/aromatic N) is 2. The topological polar surface area (TPSA) is 64.0 Å². The minimum absolute atomic E-state index is 0.0547. The van der Waals surface area contributed by atoms with Gasteiger partial charge in [0.1, 0.15) is 6.54 Å². The van der Waals surface area contributed by atoms with Crippen molar-refractivity contribution in [3.8, 4) is 0 Å². The Bertz CT molecular complexity index is 907. The van der Waals surface area contributed by atoms with Crippen molar-refractivity contribution >= 4 is 32.7 Å². The summed E-state index contributed by atoms with van der Waals surface area (Å²) in [6, 6.07) is 10.6. The van der Waals surface area contributed by atoms with Gasteiger partial charge in [0, 0.05) is 41.1 Å². The standard InChI is InChI=1S/C17H14BrN3O2/c18-13-1-2-14-15(9-13)21(8-5-16(14)22)11-17(23)20-10-12-3-6-19-7-4-12/h1-9H,10-11H2,(H,20,23). The highest BCUT2D eigenvalue weighted by Crippen LogP contribution is 2.17. The summed E-state index contributed by atoms with van der Waals surface area (Å²) in [7, 11) is 0. The first-order valence-electron chi connectivity index (χ1n) is 7.08. The number of amides is 1. The number of hydrogen-bond donors (Lipinski definition) is 1. The van der Waals surface area contributed by atoms with Crippen LogP contribution in [0.1, 0.15) is 5.56 Å². The van der Waals surface area contributed by atoms with Crippen LogP contribution in [0.25, 0.3) is 10.9 Å². The lowest BCUT2D eigenvalue weighted by molar-refractivity contribution is -0.121. The fourth-order valence-electron chi connectivity index (χ4n) is 2.33. The van der Waals surface area contributed by atoms with Crippen molar-refractivity contribution in [2.75, 3.05) is 0 Å². The molecule has 1 N–H and O–H groups in total. The number of nitrogens with one attached hydrogen (secondary N) is 1. The Morgan fingerprint density at radius 1 is 1.17 bits per heavy atom. The fraction of sp³-hybridized carbons (Fsp3) is 0.118. The van der Waals surface area contributed by atoms with E-state index in [1.165, 1.54) is 6.07 Å². The molecule has 2 heterocycles. The Morgan fingerprint density at radius 2 is 1.96 bits per heavy atom. The summed E-state index contributed by atoms with van der Waals surface area (Å²) in [5.41, 5.74) is 1.66. The number of aromatic nitrogens is 2. The van der Waals surface area contributed by atoms with Crippen LogP contribution in [-0.4, -0.2) is 15.5 Å². The van der Waals surface area contributed by atoms with Crippen LogP contribution in [-0.2, 0) is 17.9 Å². The van der Waals surface area contributed by atoms with Crippen molar-refractivity contribution in [3.05, 3.63) is 75.2 Å². The molecule has 2 aromatic heterocycles. The van der Waals surface area contributed by atoms with Gasteiger partial charge in [-0.1, -0.05) is 15.9 Å². The van der Waals surface area contributed by atoms with Crippen molar-refractivity contribution in [3.63, 3.8) is 0 Å². The maximum Gasteiger partial charge on any atom is 0.240 e. The zero-order valence-corrected chi connectivity index (χ0v) is 13.8. The Balaban J connectivity index is 1.78. The normalized spacial score (nSPS) is 10.7. The third-order valence-electron chi connectivity index (χ3n) is 3.49. The molecule has 3 rings (SSSR count). The lowest BCUT2D eigenvalue weighted by Crippen LogP contribution is -2.27. The van der Waals surface area contributed by atoms with Gasteiger partial charge in [0.05, 0.1) is 5.52 Å². The van der Waals surface area contributed by atoms with Crippen LogP contribution >= 0.6 is 15.9 Å². The lowest BCUT2D eigenvalue weighted by Gasteiger charge is -2.11. The summed E-state index contributed by atoms with van der Waals surface area (Å²) < 4.78 is 2.63. The molecule has 116 valence electrons. The molecule has 0 radical (unpaired) electrons. The number of benzene rings is 1. The maximum absolute atomic E-state index is 12.2. The van der Waals surface area contributed by atoms with Gasteiger partial charge in [-0.05, 0) is 35.9 Å². The van der Waals surface area contributed by atoms with Gasteiger partial charge >= 0.3 is 0 Å². The Kier molecular flexibility index (Phi) is 4.52. The quantitative estimate of drug-likeness (QED) is 0.765. The van der Waals surface area contributed by atoms with E-state index in [9.17, 15) is 9.59 Å². The highest BCUT2D eigenvalue weighted by Gasteiger charge is 2.07. The molecule has 0 aliphatic heterocycles. The molecule has 0 atom stereocenters. The van der Waals surface area contributed by atoms with E-state index in [4.69, 9.17) is 0 Å². The minimum Gasteiger partial charge on any atom is -0.350 e. The van der Waals surface area contributed by atoms with Crippen LogP contribution < -0.4 is 10.7 Å². The smallest absolute Gasteiger partial charge is 0.240 e. The summed E-state index contributed by atoms with van der Waals surface area (Å²) in [5, 5.41) is 3.46. The molecule has 0 saturated heterocycles.